The number of fused-ring (bicyclic) bond motifs is 2. The van der Waals surface area contributed by atoms with Crippen molar-refractivity contribution in [2.24, 2.45) is 28.8 Å². The van der Waals surface area contributed by atoms with Crippen molar-refractivity contribution < 1.29 is 38.9 Å². The van der Waals surface area contributed by atoms with E-state index in [2.05, 4.69) is 18.0 Å². The van der Waals surface area contributed by atoms with Gasteiger partial charge in [0.1, 0.15) is 23.1 Å². The molecule has 2 fully saturated rings. The van der Waals surface area contributed by atoms with Crippen molar-refractivity contribution in [2.75, 3.05) is 33.4 Å². The molecule has 0 aromatic heterocycles. The van der Waals surface area contributed by atoms with Crippen molar-refractivity contribution in [3.05, 3.63) is 48.1 Å². The summed E-state index contributed by atoms with van der Waals surface area (Å²) in [5.41, 5.74) is 2.08. The summed E-state index contributed by atoms with van der Waals surface area (Å²) in [4.78, 5) is 34.3. The van der Waals surface area contributed by atoms with Crippen LogP contribution in [0.25, 0.3) is 0 Å². The average molecular weight is 696 g/mol. The lowest BCUT2D eigenvalue weighted by Crippen LogP contribution is -2.69. The molecule has 4 aliphatic rings. The Labute approximate surface area is 297 Å². The van der Waals surface area contributed by atoms with E-state index in [1.54, 1.807) is 12.1 Å². The van der Waals surface area contributed by atoms with Crippen molar-refractivity contribution in [3.8, 4) is 11.5 Å². The van der Waals surface area contributed by atoms with Crippen LogP contribution in [-0.2, 0) is 14.4 Å². The Morgan fingerprint density at radius 3 is 2.50 bits per heavy atom. The second kappa shape index (κ2) is 16.3. The zero-order chi connectivity index (χ0) is 36.1. The summed E-state index contributed by atoms with van der Waals surface area (Å²) in [6.45, 7) is 12.5. The molecule has 0 saturated heterocycles. The quantitative estimate of drug-likeness (QED) is 0.107. The van der Waals surface area contributed by atoms with Crippen molar-refractivity contribution in [3.63, 3.8) is 0 Å². The first-order valence-electron chi connectivity index (χ1n) is 18.5. The zero-order valence-electron chi connectivity index (χ0n) is 30.5. The maximum atomic E-state index is 13.9. The highest BCUT2D eigenvalue weighted by Gasteiger charge is 2.65. The number of aliphatic hydroxyl groups excluding tert-OH is 2. The van der Waals surface area contributed by atoms with E-state index in [0.717, 1.165) is 55.4 Å². The highest BCUT2D eigenvalue weighted by molar-refractivity contribution is 6.03. The minimum absolute atomic E-state index is 0.0197. The summed E-state index contributed by atoms with van der Waals surface area (Å²) in [5.74, 6) is -0.633. The number of nitrogens with one attached hydrogen (secondary N) is 1. The number of aliphatic hydroxyl groups is 2. The Morgan fingerprint density at radius 1 is 1.14 bits per heavy atom. The number of oxime groups is 1. The lowest BCUT2D eigenvalue weighted by Gasteiger charge is -2.59. The maximum Gasteiger partial charge on any atom is 0.412 e. The second-order valence-corrected chi connectivity index (χ2v) is 15.1. The van der Waals surface area contributed by atoms with E-state index in [-0.39, 0.29) is 49.4 Å². The number of nitrogens with zero attached hydrogens (tertiary/aromatic N) is 2. The van der Waals surface area contributed by atoms with E-state index in [0.29, 0.717) is 37.3 Å². The van der Waals surface area contributed by atoms with Gasteiger partial charge in [0.25, 0.3) is 0 Å². The van der Waals surface area contributed by atoms with Crippen molar-refractivity contribution >= 4 is 17.7 Å². The predicted molar refractivity (Wildman–Crippen MR) is 191 cm³/mol. The number of carbonyl (C=O) groups is 2. The minimum atomic E-state index is -1.29. The van der Waals surface area contributed by atoms with Crippen LogP contribution in [0, 0.1) is 23.7 Å². The Hall–Kier alpha value is -3.41. The van der Waals surface area contributed by atoms with E-state index in [1.165, 1.54) is 0 Å². The van der Waals surface area contributed by atoms with Crippen LogP contribution in [0.4, 0.5) is 4.79 Å². The third-order valence-electron chi connectivity index (χ3n) is 10.3. The average Bonchev–Trinajstić information content (AvgIpc) is 3.93. The number of hydrogen-bond acceptors (Lipinski definition) is 9. The summed E-state index contributed by atoms with van der Waals surface area (Å²) >= 11 is 0. The molecule has 276 valence electrons. The van der Waals surface area contributed by atoms with Gasteiger partial charge in [-0.05, 0) is 102 Å². The van der Waals surface area contributed by atoms with Crippen LogP contribution in [0.5, 0.6) is 11.5 Å². The number of hydrogen-bond donors (Lipinski definition) is 3. The fraction of sp³-hybridized carbons (Fsp3) is 0.667. The minimum Gasteiger partial charge on any atom is -0.459 e. The number of carbonyl (C=O) groups excluding carboxylic acids is 2. The van der Waals surface area contributed by atoms with Gasteiger partial charge in [0, 0.05) is 50.6 Å². The summed E-state index contributed by atoms with van der Waals surface area (Å²) in [7, 11) is 1.84. The van der Waals surface area contributed by atoms with Gasteiger partial charge < -0.3 is 39.5 Å². The molecule has 1 aromatic carbocycles. The van der Waals surface area contributed by atoms with Crippen LogP contribution in [0.3, 0.4) is 0 Å². The lowest BCUT2D eigenvalue weighted by molar-refractivity contribution is -0.256. The molecular weight excluding hydrogens is 638 g/mol. The normalized spacial score (nSPS) is 27.7. The smallest absolute Gasteiger partial charge is 0.412 e. The van der Waals surface area contributed by atoms with Crippen molar-refractivity contribution in [1.82, 2.24) is 10.2 Å². The molecule has 11 nitrogen and oxygen atoms in total. The Kier molecular flexibility index (Phi) is 12.3. The van der Waals surface area contributed by atoms with Gasteiger partial charge in [0.05, 0.1) is 18.2 Å². The summed E-state index contributed by atoms with van der Waals surface area (Å²) < 4.78 is 19.7. The topological polar surface area (TPSA) is 139 Å². The monoisotopic (exact) mass is 695 g/mol. The SMILES string of the molecule is C=CCOC12Oc3ccc(OC(=O)NCC)cc3C3C(CCCCO)C(CCCCO)C=C(C(=NOC(C)(C)C)CC1N(C)C(=O)C1CC1)C32. The molecule has 1 heterocycles. The molecule has 2 amide bonds. The number of unbranched alkanes of at least 4 members (excludes halogenated alkanes) is 2. The van der Waals surface area contributed by atoms with E-state index < -0.39 is 29.4 Å². The molecule has 50 heavy (non-hydrogen) atoms. The molecule has 3 aliphatic carbocycles. The molecule has 6 unspecified atom stereocenters. The highest BCUT2D eigenvalue weighted by Crippen LogP contribution is 2.62. The molecule has 1 aliphatic heterocycles. The summed E-state index contributed by atoms with van der Waals surface area (Å²) in [6.07, 6.45) is 10.3. The number of allylic oxidation sites excluding steroid dienone is 1. The molecule has 2 saturated carbocycles. The van der Waals surface area contributed by atoms with Crippen LogP contribution in [0.2, 0.25) is 0 Å². The third kappa shape index (κ3) is 8.21. The van der Waals surface area contributed by atoms with E-state index in [9.17, 15) is 19.8 Å². The number of amides is 2. The van der Waals surface area contributed by atoms with Gasteiger partial charge in [-0.2, -0.15) is 0 Å². The van der Waals surface area contributed by atoms with Gasteiger partial charge in [0.2, 0.25) is 11.7 Å². The van der Waals surface area contributed by atoms with Crippen molar-refractivity contribution in [1.29, 1.82) is 0 Å². The standard InChI is InChI=1S/C39H57N3O8/c1-7-21-47-39-33(42(6)36(45)25-15-16-25)24-31(41-50-38(3,4)5)29-22-26(13-9-11-19-43)28(14-10-12-20-44)34(35(29)39)30-23-27(17-18-32(30)49-39)48-37(46)40-8-2/h7,17-18,22-23,25-26,28,33-35,43-44H,1,8-16,19-21,24H2,2-6H3,(H,40,46). The van der Waals surface area contributed by atoms with Gasteiger partial charge in [0.15, 0.2) is 0 Å². The molecule has 5 rings (SSSR count). The Balaban J connectivity index is 1.75. The number of rotatable bonds is 16. The zero-order valence-corrected chi connectivity index (χ0v) is 30.5. The van der Waals surface area contributed by atoms with Gasteiger partial charge in [-0.3, -0.25) is 4.79 Å². The first kappa shape index (κ1) is 37.8. The molecule has 3 N–H and O–H groups in total. The Bertz CT molecular complexity index is 1430. The van der Waals surface area contributed by atoms with Crippen LogP contribution in [-0.4, -0.2) is 83.7 Å². The first-order valence-corrected chi connectivity index (χ1v) is 18.5. The molecule has 11 heteroatoms. The third-order valence-corrected chi connectivity index (χ3v) is 10.3. The number of ether oxygens (including phenoxy) is 3. The highest BCUT2D eigenvalue weighted by atomic mass is 16.7. The largest absolute Gasteiger partial charge is 0.459 e. The molecule has 0 bridgehead atoms. The fourth-order valence-corrected chi connectivity index (χ4v) is 8.04. The molecule has 0 spiro atoms. The summed E-state index contributed by atoms with van der Waals surface area (Å²) in [6, 6.07) is 4.94. The van der Waals surface area contributed by atoms with Crippen LogP contribution in [0.1, 0.15) is 97.0 Å². The van der Waals surface area contributed by atoms with Gasteiger partial charge in [-0.15, -0.1) is 6.58 Å². The maximum absolute atomic E-state index is 13.9. The molecular formula is C39H57N3O8. The molecule has 0 radical (unpaired) electrons. The molecule has 6 atom stereocenters. The van der Waals surface area contributed by atoms with E-state index in [4.69, 9.17) is 24.2 Å². The first-order chi connectivity index (χ1) is 24.0. The fourth-order valence-electron chi connectivity index (χ4n) is 8.04. The predicted octanol–water partition coefficient (Wildman–Crippen LogP) is 6.10. The molecule has 1 aromatic rings. The van der Waals surface area contributed by atoms with Crippen LogP contribution in [0.15, 0.2) is 47.7 Å². The number of likely N-dealkylation sites (N-methyl/N-ethyl adjacent to an activating group) is 1. The van der Waals surface area contributed by atoms with E-state index >= 15 is 0 Å². The number of benzene rings is 1. The second-order valence-electron chi connectivity index (χ2n) is 15.1. The van der Waals surface area contributed by atoms with E-state index in [1.807, 2.05) is 51.8 Å². The lowest BCUT2D eigenvalue weighted by atomic mass is 9.55. The Morgan fingerprint density at radius 2 is 1.86 bits per heavy atom. The van der Waals surface area contributed by atoms with Crippen molar-refractivity contribution in [2.45, 2.75) is 109 Å². The van der Waals surface area contributed by atoms with Gasteiger partial charge in [-0.25, -0.2) is 4.79 Å². The van der Waals surface area contributed by atoms with Crippen LogP contribution < -0.4 is 14.8 Å². The van der Waals surface area contributed by atoms with Gasteiger partial charge in [-0.1, -0.05) is 30.1 Å². The summed E-state index contributed by atoms with van der Waals surface area (Å²) in [5, 5.41) is 27.0. The van der Waals surface area contributed by atoms with Gasteiger partial charge >= 0.3 is 6.09 Å². The van der Waals surface area contributed by atoms with Crippen LogP contribution >= 0.6 is 0 Å².